The second-order valence-corrected chi connectivity index (χ2v) is 10.5. The van der Waals surface area contributed by atoms with Crippen LogP contribution < -0.4 is 32.7 Å². The molecule has 4 aliphatic heterocycles. The number of hydrogen-bond donors (Lipinski definition) is 7. The van der Waals surface area contributed by atoms with Crippen LogP contribution in [0.3, 0.4) is 0 Å². The van der Waals surface area contributed by atoms with Gasteiger partial charge in [-0.2, -0.15) is 0 Å². The van der Waals surface area contributed by atoms with Gasteiger partial charge >= 0.3 is 5.97 Å². The number of ether oxygens (including phenoxy) is 3. The molecule has 5 unspecified atom stereocenters. The van der Waals surface area contributed by atoms with Crippen LogP contribution >= 0.6 is 0 Å². The van der Waals surface area contributed by atoms with Crippen LogP contribution in [0, 0.1) is 0 Å². The highest BCUT2D eigenvalue weighted by molar-refractivity contribution is 5.94. The summed E-state index contributed by atoms with van der Waals surface area (Å²) in [5.74, 6) is -4.23. The Bertz CT molecular complexity index is 1210. The molecule has 0 saturated carbocycles. The number of carboxylic acids is 1. The fraction of sp³-hybridized carbons (Fsp3) is 0.556. The third-order valence-electron chi connectivity index (χ3n) is 7.23. The van der Waals surface area contributed by atoms with Gasteiger partial charge in [-0.25, -0.2) is 0 Å². The van der Waals surface area contributed by atoms with Crippen LogP contribution in [0.1, 0.15) is 31.2 Å². The molecule has 4 heterocycles. The highest BCUT2D eigenvalue weighted by atomic mass is 16.6. The second kappa shape index (κ2) is 14.8. The molecular formula is C27H37N7O9. The number of aliphatic imine (C=N–C) groups is 1. The van der Waals surface area contributed by atoms with Crippen molar-refractivity contribution in [2.24, 2.45) is 16.5 Å². The van der Waals surface area contributed by atoms with E-state index in [1.54, 1.807) is 0 Å². The first-order valence-electron chi connectivity index (χ1n) is 14.0. The lowest BCUT2D eigenvalue weighted by Crippen LogP contribution is -2.54. The number of nitrogens with zero attached hydrogens (tertiary/aromatic N) is 1. The van der Waals surface area contributed by atoms with Crippen LogP contribution in [-0.2, 0) is 44.8 Å². The second-order valence-electron chi connectivity index (χ2n) is 10.5. The van der Waals surface area contributed by atoms with Crippen molar-refractivity contribution in [3.05, 3.63) is 35.9 Å². The zero-order valence-corrected chi connectivity index (χ0v) is 23.4. The Labute approximate surface area is 247 Å². The first-order valence-corrected chi connectivity index (χ1v) is 14.0. The van der Waals surface area contributed by atoms with Crippen molar-refractivity contribution in [2.45, 2.75) is 74.9 Å². The maximum atomic E-state index is 13.5. The van der Waals surface area contributed by atoms with E-state index in [-0.39, 0.29) is 32.1 Å². The van der Waals surface area contributed by atoms with Gasteiger partial charge in [0.1, 0.15) is 24.3 Å². The minimum atomic E-state index is -1.39. The maximum Gasteiger partial charge on any atom is 0.305 e. The van der Waals surface area contributed by atoms with E-state index in [1.165, 1.54) is 0 Å². The molecule has 4 fully saturated rings. The van der Waals surface area contributed by atoms with E-state index in [0.717, 1.165) is 5.56 Å². The molecule has 43 heavy (non-hydrogen) atoms. The van der Waals surface area contributed by atoms with Crippen molar-refractivity contribution < 1.29 is 43.3 Å². The monoisotopic (exact) mass is 603 g/mol. The number of hydrogen-bond acceptors (Lipinski definition) is 9. The summed E-state index contributed by atoms with van der Waals surface area (Å²) in [6.07, 6.45) is -3.58. The van der Waals surface area contributed by atoms with E-state index in [2.05, 4.69) is 26.3 Å². The molecule has 0 spiro atoms. The van der Waals surface area contributed by atoms with E-state index in [9.17, 15) is 29.1 Å². The van der Waals surface area contributed by atoms with E-state index < -0.39 is 85.2 Å². The highest BCUT2D eigenvalue weighted by Crippen LogP contribution is 2.36. The summed E-state index contributed by atoms with van der Waals surface area (Å²) in [5, 5.41) is 19.3. The maximum absolute atomic E-state index is 13.5. The van der Waals surface area contributed by atoms with Crippen LogP contribution in [0.2, 0.25) is 0 Å². The molecule has 1 aromatic rings. The zero-order chi connectivity index (χ0) is 30.9. The zero-order valence-electron chi connectivity index (χ0n) is 23.4. The average Bonchev–Trinajstić information content (AvgIpc) is 3.52. The summed E-state index contributed by atoms with van der Waals surface area (Å²) >= 11 is 0. The molecule has 7 atom stereocenters. The van der Waals surface area contributed by atoms with Gasteiger partial charge in [-0.1, -0.05) is 30.3 Å². The summed E-state index contributed by atoms with van der Waals surface area (Å²) in [6, 6.07) is 6.84. The molecule has 4 aliphatic rings. The van der Waals surface area contributed by atoms with Gasteiger partial charge in [-0.05, 0) is 18.4 Å². The third kappa shape index (κ3) is 8.86. The van der Waals surface area contributed by atoms with Crippen molar-refractivity contribution in [2.75, 3.05) is 19.6 Å². The minimum Gasteiger partial charge on any atom is -0.481 e. The fourth-order valence-electron chi connectivity index (χ4n) is 5.19. The van der Waals surface area contributed by atoms with Gasteiger partial charge in [0.2, 0.25) is 17.7 Å². The van der Waals surface area contributed by atoms with Gasteiger partial charge in [-0.15, -0.1) is 0 Å². The number of carbonyl (C=O) groups excluding carboxylic acids is 4. The normalized spacial score (nSPS) is 29.6. The summed E-state index contributed by atoms with van der Waals surface area (Å²) in [6.45, 7) is -0.199. The van der Waals surface area contributed by atoms with E-state index in [0.29, 0.717) is 12.8 Å². The lowest BCUT2D eigenvalue weighted by atomic mass is 10.0. The fourth-order valence-corrected chi connectivity index (χ4v) is 5.19. The van der Waals surface area contributed by atoms with Crippen molar-refractivity contribution >= 4 is 35.6 Å². The number of aliphatic carboxylic acids is 1. The van der Waals surface area contributed by atoms with Crippen LogP contribution in [0.25, 0.3) is 0 Å². The smallest absolute Gasteiger partial charge is 0.305 e. The van der Waals surface area contributed by atoms with Crippen LogP contribution in [-0.4, -0.2) is 103 Å². The first-order chi connectivity index (χ1) is 20.6. The molecule has 0 aliphatic carbocycles. The van der Waals surface area contributed by atoms with Crippen molar-refractivity contribution in [1.82, 2.24) is 21.3 Å². The number of carboxylic acid groups (broad SMARTS) is 1. The van der Waals surface area contributed by atoms with Crippen LogP contribution in [0.5, 0.6) is 0 Å². The summed E-state index contributed by atoms with van der Waals surface area (Å²) in [7, 11) is 0. The Morgan fingerprint density at radius 3 is 2.47 bits per heavy atom. The van der Waals surface area contributed by atoms with Gasteiger partial charge in [0.25, 0.3) is 5.91 Å². The van der Waals surface area contributed by atoms with E-state index in [1.807, 2.05) is 30.3 Å². The third-order valence-corrected chi connectivity index (χ3v) is 7.23. The van der Waals surface area contributed by atoms with Gasteiger partial charge in [-0.3, -0.25) is 29.0 Å². The molecule has 4 saturated heterocycles. The summed E-state index contributed by atoms with van der Waals surface area (Å²) in [5.41, 5.74) is 11.6. The predicted octanol–water partition coefficient (Wildman–Crippen LogP) is -2.76. The summed E-state index contributed by atoms with van der Waals surface area (Å²) in [4.78, 5) is 67.3. The molecule has 1 aromatic carbocycles. The molecule has 234 valence electrons. The number of rotatable bonds is 9. The van der Waals surface area contributed by atoms with Crippen LogP contribution in [0.4, 0.5) is 0 Å². The van der Waals surface area contributed by atoms with E-state index in [4.69, 9.17) is 25.7 Å². The van der Waals surface area contributed by atoms with Crippen LogP contribution in [0.15, 0.2) is 35.3 Å². The minimum absolute atomic E-state index is 0.0120. The Balaban J connectivity index is 1.57. The lowest BCUT2D eigenvalue weighted by Gasteiger charge is -2.26. The molecule has 0 radical (unpaired) electrons. The average molecular weight is 604 g/mol. The number of nitrogens with two attached hydrogens (primary N) is 2. The van der Waals surface area contributed by atoms with Crippen molar-refractivity contribution in [3.8, 4) is 0 Å². The van der Waals surface area contributed by atoms with E-state index >= 15 is 0 Å². The molecule has 4 amide bonds. The Morgan fingerprint density at radius 1 is 1.00 bits per heavy atom. The number of amides is 4. The van der Waals surface area contributed by atoms with Gasteiger partial charge in [0.05, 0.1) is 31.8 Å². The quantitative estimate of drug-likeness (QED) is 0.0659. The molecule has 16 heteroatoms. The number of benzene rings is 1. The standard InChI is InChI=1S/C27H37N7O9/c28-27(29)30-8-4-7-16-24(38)32-12-19(35)33-17(10-20(36)37)25(39)31-11-15-9-18-21(42-15)22(23(43-18)26(40)34-16)41-13-14-5-2-1-3-6-14/h1-3,5-6,15-18,21-23H,4,7-13H2,(H,31,39)(H,32,38)(H,33,35)(H,34,40)(H,36,37)(H4,28,29,30)/t15?,16-,17-,18?,21?,22?,23?/m0/s1. The van der Waals surface area contributed by atoms with Gasteiger partial charge in [0, 0.05) is 19.5 Å². The lowest BCUT2D eigenvalue weighted by molar-refractivity contribution is -0.144. The first kappa shape index (κ1) is 31.7. The number of guanidine groups is 1. The SMILES string of the molecule is NC(N)=NCCC[C@@H]1NC(=O)C2OC3CC(CNC(=O)[C@H](CC(=O)O)NC(=O)CNC1=O)OC3C2OCc1ccccc1. The summed E-state index contributed by atoms with van der Waals surface area (Å²) < 4.78 is 18.4. The Morgan fingerprint density at radius 2 is 1.74 bits per heavy atom. The van der Waals surface area contributed by atoms with Gasteiger partial charge < -0.3 is 52.1 Å². The molecular weight excluding hydrogens is 566 g/mol. The molecule has 5 rings (SSSR count). The predicted molar refractivity (Wildman–Crippen MR) is 149 cm³/mol. The molecule has 4 bridgehead atoms. The van der Waals surface area contributed by atoms with Gasteiger partial charge in [0.15, 0.2) is 12.1 Å². The Hall–Kier alpha value is -4.28. The highest BCUT2D eigenvalue weighted by Gasteiger charge is 2.54. The topological polar surface area (TPSA) is 246 Å². The molecule has 16 nitrogen and oxygen atoms in total. The van der Waals surface area contributed by atoms with Crippen molar-refractivity contribution in [1.29, 1.82) is 0 Å². The molecule has 0 aromatic heterocycles. The molecule has 9 N–H and O–H groups in total. The number of nitrogens with one attached hydrogen (secondary N) is 4. The number of fused-ring (bicyclic) bond motifs is 11. The largest absolute Gasteiger partial charge is 0.481 e. The Kier molecular flexibility index (Phi) is 10.9. The van der Waals surface area contributed by atoms with Crippen molar-refractivity contribution in [3.63, 3.8) is 0 Å². The number of carbonyl (C=O) groups is 5.